The minimum absolute atomic E-state index is 0.258. The fourth-order valence-corrected chi connectivity index (χ4v) is 4.90. The molecule has 2 aromatic rings. The molecular weight excluding hydrogens is 474 g/mol. The molecule has 9 heteroatoms. The van der Waals surface area contributed by atoms with E-state index in [-0.39, 0.29) is 24.3 Å². The maximum Gasteiger partial charge on any atom is 0.410 e. The lowest BCUT2D eigenvalue weighted by Crippen LogP contribution is -2.54. The van der Waals surface area contributed by atoms with E-state index in [1.54, 1.807) is 18.2 Å². The lowest BCUT2D eigenvalue weighted by atomic mass is 9.76. The number of nitrogens with one attached hydrogen (secondary N) is 1. The molecule has 9 nitrogen and oxygen atoms in total. The van der Waals surface area contributed by atoms with Gasteiger partial charge < -0.3 is 19.5 Å². The second kappa shape index (κ2) is 11.6. The van der Waals surface area contributed by atoms with Crippen LogP contribution >= 0.6 is 0 Å². The van der Waals surface area contributed by atoms with E-state index in [9.17, 15) is 19.5 Å². The van der Waals surface area contributed by atoms with E-state index in [4.69, 9.17) is 9.47 Å². The van der Waals surface area contributed by atoms with Crippen molar-refractivity contribution < 1.29 is 29.0 Å². The van der Waals surface area contributed by atoms with E-state index in [1.807, 2.05) is 58.9 Å². The van der Waals surface area contributed by atoms with Crippen molar-refractivity contribution in [3.8, 4) is 0 Å². The number of amides is 3. The molecule has 2 saturated heterocycles. The first-order chi connectivity index (χ1) is 17.5. The van der Waals surface area contributed by atoms with E-state index in [1.165, 1.54) is 0 Å². The molecule has 2 N–H and O–H groups in total. The Morgan fingerprint density at radius 3 is 2.62 bits per heavy atom. The zero-order chi connectivity index (χ0) is 27.4. The van der Waals surface area contributed by atoms with Gasteiger partial charge in [0.2, 0.25) is 11.8 Å². The number of benzene rings is 1. The van der Waals surface area contributed by atoms with Gasteiger partial charge in [-0.15, -0.1) is 0 Å². The average Bonchev–Trinajstić information content (AvgIpc) is 2.85. The van der Waals surface area contributed by atoms with Crippen LogP contribution in [0.1, 0.15) is 70.9 Å². The molecule has 0 saturated carbocycles. The number of nitrogens with zero attached hydrogens (tertiary/aromatic N) is 2. The Bertz CT molecular complexity index is 1140. The van der Waals surface area contributed by atoms with Crippen LogP contribution in [0.25, 0.3) is 10.9 Å². The van der Waals surface area contributed by atoms with Crippen molar-refractivity contribution in [1.82, 2.24) is 15.2 Å². The minimum atomic E-state index is -1.21. The fraction of sp³-hybridized carbons (Fsp3) is 0.571. The highest BCUT2D eigenvalue weighted by Gasteiger charge is 2.45. The molecule has 4 rings (SSSR count). The summed E-state index contributed by atoms with van der Waals surface area (Å²) in [7, 11) is 1.57. The first kappa shape index (κ1) is 28.5. The van der Waals surface area contributed by atoms with Gasteiger partial charge in [-0.25, -0.2) is 4.79 Å². The van der Waals surface area contributed by atoms with Gasteiger partial charge in [-0.3, -0.25) is 19.9 Å². The van der Waals surface area contributed by atoms with Crippen LogP contribution in [0.3, 0.4) is 0 Å². The maximum absolute atomic E-state index is 12.6. The summed E-state index contributed by atoms with van der Waals surface area (Å²) in [6.07, 6.45) is 2.33. The first-order valence-corrected chi connectivity index (χ1v) is 12.9. The van der Waals surface area contributed by atoms with Crippen LogP contribution in [0.4, 0.5) is 4.79 Å². The Morgan fingerprint density at radius 2 is 1.97 bits per heavy atom. The maximum atomic E-state index is 12.6. The number of hydrogen-bond donors (Lipinski definition) is 2. The SMILES string of the molecule is CC.COCC1CN(C(=O)OC(C)(C)C)CCC1(O)c1ccc2ncc(C3CCC(=O)NC3=O)cc2c1. The van der Waals surface area contributed by atoms with Gasteiger partial charge in [0.1, 0.15) is 5.60 Å². The van der Waals surface area contributed by atoms with Crippen LogP contribution in [0.2, 0.25) is 0 Å². The molecule has 1 aromatic carbocycles. The largest absolute Gasteiger partial charge is 0.444 e. The number of pyridine rings is 1. The molecule has 3 heterocycles. The van der Waals surface area contributed by atoms with Gasteiger partial charge in [0.05, 0.1) is 23.6 Å². The predicted octanol–water partition coefficient (Wildman–Crippen LogP) is 3.87. The number of carbonyl (C=O) groups excluding carboxylic acids is 3. The molecule has 2 fully saturated rings. The van der Waals surface area contributed by atoms with Crippen LogP contribution in [0.15, 0.2) is 30.5 Å². The Kier molecular flexibility index (Phi) is 8.92. The molecule has 3 atom stereocenters. The van der Waals surface area contributed by atoms with Crippen LogP contribution in [0.5, 0.6) is 0 Å². The second-order valence-electron chi connectivity index (χ2n) is 10.4. The summed E-state index contributed by atoms with van der Waals surface area (Å²) < 4.78 is 10.9. The van der Waals surface area contributed by atoms with Crippen molar-refractivity contribution in [2.45, 2.75) is 71.0 Å². The number of likely N-dealkylation sites (tertiary alicyclic amines) is 1. The van der Waals surface area contributed by atoms with E-state index in [0.717, 1.165) is 16.5 Å². The number of piperidine rings is 2. The molecule has 37 heavy (non-hydrogen) atoms. The molecule has 0 spiro atoms. The van der Waals surface area contributed by atoms with E-state index >= 15 is 0 Å². The lowest BCUT2D eigenvalue weighted by molar-refractivity contribution is -0.134. The third-order valence-corrected chi connectivity index (χ3v) is 6.74. The van der Waals surface area contributed by atoms with Crippen molar-refractivity contribution >= 4 is 28.8 Å². The molecule has 2 aliphatic heterocycles. The topological polar surface area (TPSA) is 118 Å². The number of aromatic nitrogens is 1. The smallest absolute Gasteiger partial charge is 0.410 e. The van der Waals surface area contributed by atoms with E-state index in [2.05, 4.69) is 10.3 Å². The number of ether oxygens (including phenoxy) is 2. The van der Waals surface area contributed by atoms with Gasteiger partial charge in [0, 0.05) is 44.1 Å². The van der Waals surface area contributed by atoms with Crippen molar-refractivity contribution in [1.29, 1.82) is 0 Å². The standard InChI is InChI=1S/C26H33N3O6.C2H6/c1-25(2,3)35-24(32)29-10-9-26(33,19(14-29)15-34-4)18-5-7-21-16(12-18)11-17(13-27-21)20-6-8-22(30)28-23(20)31;1-2/h5,7,11-13,19-20,33H,6,8-10,14-15H2,1-4H3,(H,28,30,31);1-2H3. The zero-order valence-electron chi connectivity index (χ0n) is 22.7. The molecule has 0 aliphatic carbocycles. The summed E-state index contributed by atoms with van der Waals surface area (Å²) in [6.45, 7) is 10.4. The van der Waals surface area contributed by atoms with Crippen molar-refractivity contribution in [3.05, 3.63) is 41.6 Å². The average molecular weight is 514 g/mol. The zero-order valence-corrected chi connectivity index (χ0v) is 22.7. The van der Waals surface area contributed by atoms with Crippen LogP contribution in [-0.4, -0.2) is 65.3 Å². The highest BCUT2D eigenvalue weighted by atomic mass is 16.6. The summed E-state index contributed by atoms with van der Waals surface area (Å²) in [5.74, 6) is -1.37. The summed E-state index contributed by atoms with van der Waals surface area (Å²) in [5.41, 5.74) is 0.362. The van der Waals surface area contributed by atoms with Crippen molar-refractivity contribution in [3.63, 3.8) is 0 Å². The van der Waals surface area contributed by atoms with Crippen LogP contribution < -0.4 is 5.32 Å². The van der Waals surface area contributed by atoms with Gasteiger partial charge in [-0.1, -0.05) is 19.9 Å². The van der Waals surface area contributed by atoms with Gasteiger partial charge >= 0.3 is 6.09 Å². The molecule has 0 radical (unpaired) electrons. The van der Waals surface area contributed by atoms with E-state index in [0.29, 0.717) is 37.9 Å². The third kappa shape index (κ3) is 6.45. The molecule has 202 valence electrons. The van der Waals surface area contributed by atoms with Gasteiger partial charge in [0.25, 0.3) is 0 Å². The molecule has 3 amide bonds. The Morgan fingerprint density at radius 1 is 1.24 bits per heavy atom. The second-order valence-corrected chi connectivity index (χ2v) is 10.4. The third-order valence-electron chi connectivity index (χ3n) is 6.74. The summed E-state index contributed by atoms with van der Waals surface area (Å²) >= 11 is 0. The van der Waals surface area contributed by atoms with Gasteiger partial charge in [-0.05, 0) is 62.9 Å². The Balaban J connectivity index is 0.00000186. The van der Waals surface area contributed by atoms with Gasteiger partial charge in [0.15, 0.2) is 0 Å². The molecule has 2 aliphatic rings. The lowest BCUT2D eigenvalue weighted by Gasteiger charge is -2.44. The summed E-state index contributed by atoms with van der Waals surface area (Å²) in [4.78, 5) is 42.6. The van der Waals surface area contributed by atoms with Gasteiger partial charge in [-0.2, -0.15) is 0 Å². The number of aliphatic hydroxyl groups is 1. The normalized spacial score (nSPS) is 24.2. The number of fused-ring (bicyclic) bond motifs is 1. The molecule has 1 aromatic heterocycles. The van der Waals surface area contributed by atoms with Crippen LogP contribution in [-0.2, 0) is 24.7 Å². The highest BCUT2D eigenvalue weighted by Crippen LogP contribution is 2.39. The highest BCUT2D eigenvalue weighted by molar-refractivity contribution is 6.01. The Hall–Kier alpha value is -3.04. The van der Waals surface area contributed by atoms with Crippen molar-refractivity contribution in [2.75, 3.05) is 26.8 Å². The number of imide groups is 1. The number of hydrogen-bond acceptors (Lipinski definition) is 7. The number of methoxy groups -OCH3 is 1. The van der Waals surface area contributed by atoms with Crippen molar-refractivity contribution in [2.24, 2.45) is 5.92 Å². The first-order valence-electron chi connectivity index (χ1n) is 12.9. The molecule has 3 unspecified atom stereocenters. The molecule has 0 bridgehead atoms. The van der Waals surface area contributed by atoms with E-state index < -0.39 is 23.2 Å². The minimum Gasteiger partial charge on any atom is -0.444 e. The summed E-state index contributed by atoms with van der Waals surface area (Å²) in [5, 5.41) is 15.0. The quantitative estimate of drug-likeness (QED) is 0.596. The predicted molar refractivity (Wildman–Crippen MR) is 140 cm³/mol. The summed E-state index contributed by atoms with van der Waals surface area (Å²) in [6, 6.07) is 7.49. The number of carbonyl (C=O) groups is 3. The van der Waals surface area contributed by atoms with Crippen LogP contribution in [0, 0.1) is 5.92 Å². The number of rotatable bonds is 4. The Labute approximate surface area is 218 Å². The monoisotopic (exact) mass is 513 g/mol. The fourth-order valence-electron chi connectivity index (χ4n) is 4.90. The molecular formula is C28H39N3O6.